The first-order valence-corrected chi connectivity index (χ1v) is 5.74. The number of nitrogens with one attached hydrogen (secondary N) is 2. The average Bonchev–Trinajstić information content (AvgIpc) is 3.04. The van der Waals surface area contributed by atoms with E-state index in [-0.39, 0.29) is 11.4 Å². The van der Waals surface area contributed by atoms with Gasteiger partial charge < -0.3 is 10.6 Å². The van der Waals surface area contributed by atoms with Crippen LogP contribution in [0.15, 0.2) is 30.3 Å². The van der Waals surface area contributed by atoms with Gasteiger partial charge in [-0.05, 0) is 25.3 Å². The largest absolute Gasteiger partial charge is 0.351 e. The van der Waals surface area contributed by atoms with Crippen molar-refractivity contribution in [2.45, 2.75) is 31.8 Å². The summed E-state index contributed by atoms with van der Waals surface area (Å²) in [6.45, 7) is 3.18. The average molecular weight is 218 g/mol. The fourth-order valence-corrected chi connectivity index (χ4v) is 1.52. The lowest BCUT2D eigenvalue weighted by Crippen LogP contribution is -2.38. The van der Waals surface area contributed by atoms with Crippen LogP contribution >= 0.6 is 0 Å². The van der Waals surface area contributed by atoms with Gasteiger partial charge in [0.1, 0.15) is 0 Å². The molecule has 0 radical (unpaired) electrons. The monoisotopic (exact) mass is 218 g/mol. The number of carbonyl (C=O) groups is 1. The van der Waals surface area contributed by atoms with E-state index in [1.54, 1.807) is 0 Å². The molecule has 0 unspecified atom stereocenters. The number of hydrogen-bond acceptors (Lipinski definition) is 2. The third kappa shape index (κ3) is 3.35. The Balaban J connectivity index is 1.68. The van der Waals surface area contributed by atoms with Gasteiger partial charge in [-0.15, -0.1) is 0 Å². The van der Waals surface area contributed by atoms with Crippen molar-refractivity contribution in [1.82, 2.24) is 10.6 Å². The molecule has 0 saturated heterocycles. The van der Waals surface area contributed by atoms with E-state index in [0.29, 0.717) is 13.1 Å². The molecule has 1 aliphatic rings. The first-order valence-electron chi connectivity index (χ1n) is 5.74. The van der Waals surface area contributed by atoms with Crippen molar-refractivity contribution in [3.63, 3.8) is 0 Å². The highest BCUT2D eigenvalue weighted by molar-refractivity contribution is 5.78. The molecule has 0 aromatic heterocycles. The third-order valence-corrected chi connectivity index (χ3v) is 3.01. The lowest BCUT2D eigenvalue weighted by Gasteiger charge is -2.11. The molecule has 1 aromatic carbocycles. The Morgan fingerprint density at radius 1 is 1.31 bits per heavy atom. The minimum Gasteiger partial charge on any atom is -0.351 e. The van der Waals surface area contributed by atoms with Crippen molar-refractivity contribution in [3.05, 3.63) is 35.9 Å². The normalized spacial score (nSPS) is 16.8. The zero-order valence-corrected chi connectivity index (χ0v) is 9.62. The molecule has 2 rings (SSSR count). The summed E-state index contributed by atoms with van der Waals surface area (Å²) in [7, 11) is 0. The van der Waals surface area contributed by atoms with E-state index in [4.69, 9.17) is 0 Å². The van der Waals surface area contributed by atoms with E-state index in [9.17, 15) is 4.79 Å². The summed E-state index contributed by atoms with van der Waals surface area (Å²) in [5, 5.41) is 6.15. The molecule has 0 heterocycles. The highest BCUT2D eigenvalue weighted by Crippen LogP contribution is 2.33. The molecule has 0 aliphatic heterocycles. The number of benzene rings is 1. The van der Waals surface area contributed by atoms with Crippen molar-refractivity contribution in [1.29, 1.82) is 0 Å². The standard InChI is InChI=1S/C13H18N2O/c1-13(7-8-13)15-10-12(16)14-9-11-5-3-2-4-6-11/h2-6,15H,7-10H2,1H3,(H,14,16). The minimum absolute atomic E-state index is 0.0666. The highest BCUT2D eigenvalue weighted by Gasteiger charge is 2.36. The zero-order chi connectivity index (χ0) is 11.4. The Bertz CT molecular complexity index is 357. The van der Waals surface area contributed by atoms with E-state index < -0.39 is 0 Å². The molecule has 1 fully saturated rings. The molecular formula is C13H18N2O. The summed E-state index contributed by atoms with van der Waals surface area (Å²) >= 11 is 0. The van der Waals surface area contributed by atoms with Crippen LogP contribution in [-0.2, 0) is 11.3 Å². The predicted octanol–water partition coefficient (Wildman–Crippen LogP) is 1.44. The second-order valence-electron chi connectivity index (χ2n) is 4.68. The molecule has 0 bridgehead atoms. The van der Waals surface area contributed by atoms with Crippen molar-refractivity contribution in [2.24, 2.45) is 0 Å². The number of amides is 1. The lowest BCUT2D eigenvalue weighted by molar-refractivity contribution is -0.120. The first-order chi connectivity index (χ1) is 7.68. The van der Waals surface area contributed by atoms with Gasteiger partial charge >= 0.3 is 0 Å². The fourth-order valence-electron chi connectivity index (χ4n) is 1.52. The topological polar surface area (TPSA) is 41.1 Å². The molecular weight excluding hydrogens is 200 g/mol. The van der Waals surface area contributed by atoms with Crippen LogP contribution in [0.5, 0.6) is 0 Å². The molecule has 16 heavy (non-hydrogen) atoms. The molecule has 86 valence electrons. The Morgan fingerprint density at radius 3 is 2.62 bits per heavy atom. The van der Waals surface area contributed by atoms with Gasteiger partial charge in [0.2, 0.25) is 5.91 Å². The Hall–Kier alpha value is -1.35. The summed E-state index contributed by atoms with van der Waals surface area (Å²) < 4.78 is 0. The quantitative estimate of drug-likeness (QED) is 0.785. The van der Waals surface area contributed by atoms with Crippen LogP contribution in [0, 0.1) is 0 Å². The van der Waals surface area contributed by atoms with Crippen molar-refractivity contribution in [3.8, 4) is 0 Å². The van der Waals surface area contributed by atoms with Crippen LogP contribution in [0.3, 0.4) is 0 Å². The van der Waals surface area contributed by atoms with E-state index in [2.05, 4.69) is 17.6 Å². The van der Waals surface area contributed by atoms with Crippen molar-refractivity contribution in [2.75, 3.05) is 6.54 Å². The van der Waals surface area contributed by atoms with E-state index in [0.717, 1.165) is 5.56 Å². The van der Waals surface area contributed by atoms with Crippen LogP contribution in [0.1, 0.15) is 25.3 Å². The zero-order valence-electron chi connectivity index (χ0n) is 9.62. The van der Waals surface area contributed by atoms with Gasteiger partial charge in [0, 0.05) is 12.1 Å². The van der Waals surface area contributed by atoms with Crippen LogP contribution < -0.4 is 10.6 Å². The summed E-state index contributed by atoms with van der Waals surface area (Å²) in [5.41, 5.74) is 1.36. The molecule has 1 aliphatic carbocycles. The molecule has 1 amide bonds. The summed E-state index contributed by atoms with van der Waals surface area (Å²) in [5.74, 6) is 0.0666. The molecule has 1 saturated carbocycles. The van der Waals surface area contributed by atoms with Crippen molar-refractivity contribution >= 4 is 5.91 Å². The van der Waals surface area contributed by atoms with Crippen LogP contribution in [0.4, 0.5) is 0 Å². The Morgan fingerprint density at radius 2 is 2.00 bits per heavy atom. The van der Waals surface area contributed by atoms with Gasteiger partial charge in [0.05, 0.1) is 6.54 Å². The smallest absolute Gasteiger partial charge is 0.234 e. The summed E-state index contributed by atoms with van der Waals surface area (Å²) in [4.78, 5) is 11.5. The first kappa shape index (κ1) is 11.1. The minimum atomic E-state index is 0.0666. The summed E-state index contributed by atoms with van der Waals surface area (Å²) in [6.07, 6.45) is 2.36. The summed E-state index contributed by atoms with van der Waals surface area (Å²) in [6, 6.07) is 9.95. The van der Waals surface area contributed by atoms with Gasteiger partial charge in [-0.25, -0.2) is 0 Å². The third-order valence-electron chi connectivity index (χ3n) is 3.01. The van der Waals surface area contributed by atoms with Gasteiger partial charge in [0.15, 0.2) is 0 Å². The maximum Gasteiger partial charge on any atom is 0.234 e. The highest BCUT2D eigenvalue weighted by atomic mass is 16.1. The number of carbonyl (C=O) groups excluding carboxylic acids is 1. The van der Waals surface area contributed by atoms with Gasteiger partial charge in [-0.2, -0.15) is 0 Å². The predicted molar refractivity (Wildman–Crippen MR) is 63.9 cm³/mol. The molecule has 3 heteroatoms. The maximum absolute atomic E-state index is 11.5. The number of rotatable bonds is 5. The lowest BCUT2D eigenvalue weighted by atomic mass is 10.2. The van der Waals surface area contributed by atoms with Gasteiger partial charge in [-0.1, -0.05) is 30.3 Å². The molecule has 0 atom stereocenters. The SMILES string of the molecule is CC1(NCC(=O)NCc2ccccc2)CC1. The molecule has 3 nitrogen and oxygen atoms in total. The van der Waals surface area contributed by atoms with Gasteiger partial charge in [-0.3, -0.25) is 4.79 Å². The second kappa shape index (κ2) is 4.66. The van der Waals surface area contributed by atoms with Crippen LogP contribution in [-0.4, -0.2) is 18.0 Å². The molecule has 2 N–H and O–H groups in total. The van der Waals surface area contributed by atoms with E-state index >= 15 is 0 Å². The van der Waals surface area contributed by atoms with E-state index in [1.807, 2.05) is 30.3 Å². The molecule has 0 spiro atoms. The van der Waals surface area contributed by atoms with Crippen LogP contribution in [0.2, 0.25) is 0 Å². The Kier molecular flexibility index (Phi) is 3.25. The van der Waals surface area contributed by atoms with E-state index in [1.165, 1.54) is 12.8 Å². The second-order valence-corrected chi connectivity index (χ2v) is 4.68. The maximum atomic E-state index is 11.5. The van der Waals surface area contributed by atoms with Gasteiger partial charge in [0.25, 0.3) is 0 Å². The fraction of sp³-hybridized carbons (Fsp3) is 0.462. The van der Waals surface area contributed by atoms with Crippen LogP contribution in [0.25, 0.3) is 0 Å². The molecule has 1 aromatic rings. The van der Waals surface area contributed by atoms with Crippen molar-refractivity contribution < 1.29 is 4.79 Å². The number of hydrogen-bond donors (Lipinski definition) is 2. The Labute approximate surface area is 96.2 Å².